The van der Waals surface area contributed by atoms with Crippen molar-refractivity contribution in [2.75, 3.05) is 11.9 Å². The van der Waals surface area contributed by atoms with Crippen LogP contribution in [-0.4, -0.2) is 12.5 Å². The summed E-state index contributed by atoms with van der Waals surface area (Å²) in [6, 6.07) is 7.93. The molecule has 3 nitrogen and oxygen atoms in total. The first-order chi connectivity index (χ1) is 11.7. The third-order valence-electron chi connectivity index (χ3n) is 4.21. The van der Waals surface area contributed by atoms with Gasteiger partial charge < -0.3 is 10.1 Å². The number of aryl methyl sites for hydroxylation is 4. The van der Waals surface area contributed by atoms with Crippen molar-refractivity contribution in [2.24, 2.45) is 0 Å². The number of hydrogen-bond acceptors (Lipinski definition) is 2. The van der Waals surface area contributed by atoms with Crippen LogP contribution in [0, 0.1) is 27.7 Å². The van der Waals surface area contributed by atoms with Crippen LogP contribution >= 0.6 is 11.6 Å². The minimum atomic E-state index is -0.169. The lowest BCUT2D eigenvalue weighted by atomic mass is 10.0. The monoisotopic (exact) mass is 359 g/mol. The van der Waals surface area contributed by atoms with E-state index in [9.17, 15) is 4.79 Å². The van der Waals surface area contributed by atoms with E-state index < -0.39 is 0 Å². The molecule has 0 radical (unpaired) electrons. The molecule has 1 N–H and O–H groups in total. The van der Waals surface area contributed by atoms with Crippen LogP contribution < -0.4 is 10.1 Å². The van der Waals surface area contributed by atoms with Gasteiger partial charge >= 0.3 is 0 Å². The summed E-state index contributed by atoms with van der Waals surface area (Å²) in [6.45, 7) is 12.1. The Bertz CT molecular complexity index is 774. The molecule has 2 aromatic rings. The zero-order chi connectivity index (χ0) is 18.7. The second kappa shape index (κ2) is 7.92. The lowest BCUT2D eigenvalue weighted by Gasteiger charge is -2.17. The Labute approximate surface area is 155 Å². The van der Waals surface area contributed by atoms with Gasteiger partial charge in [0.15, 0.2) is 6.61 Å². The zero-order valence-electron chi connectivity index (χ0n) is 15.8. The number of halogens is 1. The molecule has 0 aliphatic rings. The van der Waals surface area contributed by atoms with Crippen LogP contribution in [0.1, 0.15) is 47.6 Å². The average Bonchev–Trinajstić information content (AvgIpc) is 2.51. The lowest BCUT2D eigenvalue weighted by molar-refractivity contribution is -0.118. The Hall–Kier alpha value is -2.00. The third-order valence-corrected chi connectivity index (χ3v) is 4.62. The van der Waals surface area contributed by atoms with E-state index in [0.29, 0.717) is 10.8 Å². The summed E-state index contributed by atoms with van der Waals surface area (Å²) in [4.78, 5) is 12.3. The third kappa shape index (κ3) is 4.76. The van der Waals surface area contributed by atoms with Crippen LogP contribution in [0.15, 0.2) is 24.3 Å². The van der Waals surface area contributed by atoms with E-state index in [1.165, 1.54) is 5.56 Å². The highest BCUT2D eigenvalue weighted by atomic mass is 35.5. The van der Waals surface area contributed by atoms with Crippen molar-refractivity contribution in [1.82, 2.24) is 0 Å². The molecule has 0 spiro atoms. The van der Waals surface area contributed by atoms with Gasteiger partial charge in [0, 0.05) is 10.7 Å². The molecule has 0 saturated carbocycles. The first kappa shape index (κ1) is 19.3. The van der Waals surface area contributed by atoms with Gasteiger partial charge in [-0.1, -0.05) is 43.1 Å². The summed E-state index contributed by atoms with van der Waals surface area (Å²) in [7, 11) is 0. The van der Waals surface area contributed by atoms with Crippen molar-refractivity contribution in [2.45, 2.75) is 47.5 Å². The number of nitrogens with one attached hydrogen (secondary N) is 1. The van der Waals surface area contributed by atoms with E-state index in [4.69, 9.17) is 16.3 Å². The number of carbonyl (C=O) groups excluding carboxylic acids is 1. The first-order valence-corrected chi connectivity index (χ1v) is 8.87. The highest BCUT2D eigenvalue weighted by Gasteiger charge is 2.14. The molecule has 0 heterocycles. The van der Waals surface area contributed by atoms with Gasteiger partial charge in [0.1, 0.15) is 5.75 Å². The lowest BCUT2D eigenvalue weighted by Crippen LogP contribution is -2.21. The van der Waals surface area contributed by atoms with Gasteiger partial charge in [0.2, 0.25) is 0 Å². The molecule has 0 fully saturated rings. The van der Waals surface area contributed by atoms with Crippen LogP contribution in [0.2, 0.25) is 5.02 Å². The fraction of sp³-hybridized carbons (Fsp3) is 0.381. The number of ether oxygens (including phenoxy) is 1. The molecule has 0 saturated heterocycles. The summed E-state index contributed by atoms with van der Waals surface area (Å²) in [5, 5.41) is 3.67. The van der Waals surface area contributed by atoms with E-state index in [2.05, 4.69) is 31.3 Å². The van der Waals surface area contributed by atoms with Crippen LogP contribution in [-0.2, 0) is 4.79 Å². The quantitative estimate of drug-likeness (QED) is 0.741. The Morgan fingerprint density at radius 2 is 1.64 bits per heavy atom. The minimum Gasteiger partial charge on any atom is -0.483 e. The number of hydrogen-bond donors (Lipinski definition) is 1. The second-order valence-electron chi connectivity index (χ2n) is 6.90. The molecule has 0 aromatic heterocycles. The summed E-state index contributed by atoms with van der Waals surface area (Å²) < 4.78 is 5.80. The number of anilines is 1. The summed E-state index contributed by atoms with van der Waals surface area (Å²) >= 11 is 6.21. The fourth-order valence-electron chi connectivity index (χ4n) is 2.94. The van der Waals surface area contributed by atoms with E-state index in [0.717, 1.165) is 27.9 Å². The largest absolute Gasteiger partial charge is 0.483 e. The molecule has 0 atom stereocenters. The molecule has 25 heavy (non-hydrogen) atoms. The normalized spacial score (nSPS) is 10.9. The highest BCUT2D eigenvalue weighted by molar-refractivity contribution is 6.31. The highest BCUT2D eigenvalue weighted by Crippen LogP contribution is 2.32. The van der Waals surface area contributed by atoms with Crippen molar-refractivity contribution in [1.29, 1.82) is 0 Å². The summed E-state index contributed by atoms with van der Waals surface area (Å²) in [6.07, 6.45) is 0. The summed E-state index contributed by atoms with van der Waals surface area (Å²) in [5.41, 5.74) is 6.09. The Balaban J connectivity index is 2.12. The molecule has 0 unspecified atom stereocenters. The van der Waals surface area contributed by atoms with E-state index in [1.807, 2.05) is 39.8 Å². The van der Waals surface area contributed by atoms with E-state index in [1.54, 1.807) is 0 Å². The predicted octanol–water partition coefficient (Wildman–Crippen LogP) is 5.71. The molecular weight excluding hydrogens is 334 g/mol. The maximum atomic E-state index is 12.3. The molecule has 4 heteroatoms. The number of amides is 1. The van der Waals surface area contributed by atoms with Crippen LogP contribution in [0.3, 0.4) is 0 Å². The zero-order valence-corrected chi connectivity index (χ0v) is 16.5. The Morgan fingerprint density at radius 3 is 2.20 bits per heavy atom. The van der Waals surface area contributed by atoms with Crippen molar-refractivity contribution in [3.8, 4) is 5.75 Å². The molecule has 2 rings (SSSR count). The molecule has 2 aromatic carbocycles. The van der Waals surface area contributed by atoms with Crippen LogP contribution in [0.25, 0.3) is 0 Å². The van der Waals surface area contributed by atoms with Gasteiger partial charge in [-0.3, -0.25) is 4.79 Å². The average molecular weight is 360 g/mol. The molecule has 0 bridgehead atoms. The van der Waals surface area contributed by atoms with Crippen LogP contribution in [0.4, 0.5) is 5.69 Å². The minimum absolute atomic E-state index is 0.0342. The van der Waals surface area contributed by atoms with Gasteiger partial charge in [-0.2, -0.15) is 0 Å². The molecule has 0 aliphatic carbocycles. The van der Waals surface area contributed by atoms with Gasteiger partial charge in [-0.05, 0) is 68.0 Å². The van der Waals surface area contributed by atoms with E-state index >= 15 is 0 Å². The molecule has 0 aliphatic heterocycles. The topological polar surface area (TPSA) is 38.3 Å². The SMILES string of the molecule is Cc1cc(C)c(NC(=O)COc2cc(C)c(Cl)cc2C(C)C)c(C)c1. The maximum absolute atomic E-state index is 12.3. The first-order valence-electron chi connectivity index (χ1n) is 8.49. The fourth-order valence-corrected chi connectivity index (χ4v) is 3.11. The van der Waals surface area contributed by atoms with Gasteiger partial charge in [0.05, 0.1) is 0 Å². The number of carbonyl (C=O) groups is 1. The van der Waals surface area contributed by atoms with E-state index in [-0.39, 0.29) is 18.4 Å². The second-order valence-corrected chi connectivity index (χ2v) is 7.31. The maximum Gasteiger partial charge on any atom is 0.262 e. The van der Waals surface area contributed by atoms with Gasteiger partial charge in [-0.15, -0.1) is 0 Å². The van der Waals surface area contributed by atoms with Crippen LogP contribution in [0.5, 0.6) is 5.75 Å². The van der Waals surface area contributed by atoms with Gasteiger partial charge in [0.25, 0.3) is 5.91 Å². The Morgan fingerprint density at radius 1 is 1.04 bits per heavy atom. The number of rotatable bonds is 5. The van der Waals surface area contributed by atoms with Crippen molar-refractivity contribution in [3.05, 3.63) is 57.1 Å². The number of benzene rings is 2. The van der Waals surface area contributed by atoms with Gasteiger partial charge in [-0.25, -0.2) is 0 Å². The molecular formula is C21H26ClNO2. The van der Waals surface area contributed by atoms with Crippen molar-refractivity contribution < 1.29 is 9.53 Å². The molecule has 134 valence electrons. The Kier molecular flexibility index (Phi) is 6.12. The molecule has 1 amide bonds. The summed E-state index contributed by atoms with van der Waals surface area (Å²) in [5.74, 6) is 0.805. The van der Waals surface area contributed by atoms with Crippen molar-refractivity contribution in [3.63, 3.8) is 0 Å². The predicted molar refractivity (Wildman–Crippen MR) is 105 cm³/mol. The van der Waals surface area contributed by atoms with Crippen molar-refractivity contribution >= 4 is 23.2 Å². The standard InChI is InChI=1S/C21H26ClNO2/c1-12(2)17-10-18(22)14(4)9-19(17)25-11-20(24)23-21-15(5)7-13(3)8-16(21)6/h7-10,12H,11H2,1-6H3,(H,23,24). The smallest absolute Gasteiger partial charge is 0.262 e.